The van der Waals surface area contributed by atoms with Crippen molar-refractivity contribution < 1.29 is 4.42 Å². The lowest BCUT2D eigenvalue weighted by molar-refractivity contribution is 0.670. The molecule has 0 aliphatic heterocycles. The lowest BCUT2D eigenvalue weighted by Gasteiger charge is -2.26. The summed E-state index contributed by atoms with van der Waals surface area (Å²) >= 11 is 0. The van der Waals surface area contributed by atoms with Crippen molar-refractivity contribution in [1.29, 1.82) is 0 Å². The molecule has 0 bridgehead atoms. The average Bonchev–Trinajstić information content (AvgIpc) is 3.64. The van der Waals surface area contributed by atoms with Crippen molar-refractivity contribution in [2.75, 3.05) is 4.90 Å². The molecule has 2 nitrogen and oxygen atoms in total. The number of fused-ring (bicyclic) bond motifs is 5. The summed E-state index contributed by atoms with van der Waals surface area (Å²) in [6, 6.07) is 75.6. The van der Waals surface area contributed by atoms with Crippen molar-refractivity contribution in [3.05, 3.63) is 212 Å². The fraction of sp³-hybridized carbons (Fsp3) is 0. The average molecular weight is 690 g/mol. The highest BCUT2D eigenvalue weighted by Gasteiger charge is 2.18. The third-order valence-electron chi connectivity index (χ3n) is 10.5. The Balaban J connectivity index is 1.02. The molecule has 9 aromatic carbocycles. The second-order valence-corrected chi connectivity index (χ2v) is 13.7. The van der Waals surface area contributed by atoms with E-state index < -0.39 is 0 Å². The van der Waals surface area contributed by atoms with Crippen LogP contribution >= 0.6 is 0 Å². The Morgan fingerprint density at radius 2 is 0.778 bits per heavy atom. The van der Waals surface area contributed by atoms with E-state index in [9.17, 15) is 0 Å². The predicted molar refractivity (Wildman–Crippen MR) is 228 cm³/mol. The summed E-state index contributed by atoms with van der Waals surface area (Å²) in [4.78, 5) is 2.32. The van der Waals surface area contributed by atoms with Crippen molar-refractivity contribution in [3.63, 3.8) is 0 Å². The Bertz CT molecular complexity index is 2890. The van der Waals surface area contributed by atoms with Crippen LogP contribution in [0.4, 0.5) is 17.1 Å². The van der Waals surface area contributed by atoms with Gasteiger partial charge in [0.2, 0.25) is 0 Å². The topological polar surface area (TPSA) is 16.4 Å². The number of anilines is 3. The van der Waals surface area contributed by atoms with Gasteiger partial charge in [0, 0.05) is 33.4 Å². The molecule has 0 saturated carbocycles. The lowest BCUT2D eigenvalue weighted by Crippen LogP contribution is -2.09. The first-order chi connectivity index (χ1) is 26.8. The molecule has 254 valence electrons. The van der Waals surface area contributed by atoms with Gasteiger partial charge in [0.25, 0.3) is 0 Å². The summed E-state index contributed by atoms with van der Waals surface area (Å²) in [5, 5.41) is 4.73. The fourth-order valence-electron chi connectivity index (χ4n) is 7.87. The Morgan fingerprint density at radius 3 is 1.52 bits per heavy atom. The first-order valence-electron chi connectivity index (χ1n) is 18.4. The van der Waals surface area contributed by atoms with Gasteiger partial charge in [-0.05, 0) is 92.2 Å². The predicted octanol–water partition coefficient (Wildman–Crippen LogP) is 14.9. The van der Waals surface area contributed by atoms with E-state index in [1.807, 2.05) is 0 Å². The number of para-hydroxylation sites is 2. The smallest absolute Gasteiger partial charge is 0.143 e. The zero-order valence-electron chi connectivity index (χ0n) is 29.6. The van der Waals surface area contributed by atoms with Crippen LogP contribution in [0.1, 0.15) is 0 Å². The monoisotopic (exact) mass is 689 g/mol. The first kappa shape index (κ1) is 31.6. The minimum absolute atomic E-state index is 0.904. The van der Waals surface area contributed by atoms with Crippen LogP contribution in [-0.2, 0) is 0 Å². The van der Waals surface area contributed by atoms with E-state index in [2.05, 4.69) is 217 Å². The molecule has 2 heteroatoms. The molecule has 0 unspecified atom stereocenters. The van der Waals surface area contributed by atoms with Gasteiger partial charge in [-0.1, -0.05) is 170 Å². The minimum Gasteiger partial charge on any atom is -0.455 e. The van der Waals surface area contributed by atoms with Gasteiger partial charge in [0.1, 0.15) is 11.2 Å². The molecular weight excluding hydrogens is 655 g/mol. The summed E-state index contributed by atoms with van der Waals surface area (Å²) in [7, 11) is 0. The van der Waals surface area contributed by atoms with Crippen LogP contribution in [0.2, 0.25) is 0 Å². The third-order valence-corrected chi connectivity index (χ3v) is 10.5. The van der Waals surface area contributed by atoms with E-state index in [-0.39, 0.29) is 0 Å². The molecular formula is C52H35NO. The molecule has 0 saturated heterocycles. The van der Waals surface area contributed by atoms with E-state index >= 15 is 0 Å². The van der Waals surface area contributed by atoms with Gasteiger partial charge >= 0.3 is 0 Å². The number of furan rings is 1. The molecule has 54 heavy (non-hydrogen) atoms. The van der Waals surface area contributed by atoms with Crippen LogP contribution in [0, 0.1) is 0 Å². The highest BCUT2D eigenvalue weighted by molar-refractivity contribution is 6.23. The van der Waals surface area contributed by atoms with Gasteiger partial charge < -0.3 is 9.32 Å². The zero-order chi connectivity index (χ0) is 35.8. The van der Waals surface area contributed by atoms with Crippen molar-refractivity contribution in [1.82, 2.24) is 0 Å². The molecule has 0 aliphatic carbocycles. The molecule has 0 spiro atoms. The summed E-state index contributed by atoms with van der Waals surface area (Å²) in [6.07, 6.45) is 0. The van der Waals surface area contributed by atoms with E-state index in [0.29, 0.717) is 0 Å². The molecule has 0 radical (unpaired) electrons. The lowest BCUT2D eigenvalue weighted by atomic mass is 9.94. The van der Waals surface area contributed by atoms with Gasteiger partial charge in [-0.25, -0.2) is 0 Å². The standard InChI is InChI=1S/C52H35NO/c1-4-14-36(15-5-1)37-30-32-43(33-31-37)53(42-19-8-3-9-20-42)44-21-12-18-41(34-44)38-26-28-40(29-27-38)45-24-13-25-48-51-47-23-11-10-22-46(47)49(35-50(51)54-52(45)48)39-16-6-2-7-17-39/h1-35H. The van der Waals surface area contributed by atoms with Crippen LogP contribution in [0.15, 0.2) is 217 Å². The largest absolute Gasteiger partial charge is 0.455 e. The molecule has 1 aromatic heterocycles. The number of hydrogen-bond donors (Lipinski definition) is 0. The zero-order valence-corrected chi connectivity index (χ0v) is 29.6. The molecule has 1 heterocycles. The molecule has 0 N–H and O–H groups in total. The van der Waals surface area contributed by atoms with Gasteiger partial charge in [-0.2, -0.15) is 0 Å². The molecule has 10 rings (SSSR count). The normalized spacial score (nSPS) is 11.3. The molecule has 0 fully saturated rings. The number of hydrogen-bond acceptors (Lipinski definition) is 2. The van der Waals surface area contributed by atoms with Crippen molar-refractivity contribution in [2.24, 2.45) is 0 Å². The highest BCUT2D eigenvalue weighted by atomic mass is 16.3. The van der Waals surface area contributed by atoms with Gasteiger partial charge in [0.05, 0.1) is 0 Å². The van der Waals surface area contributed by atoms with Crippen molar-refractivity contribution in [2.45, 2.75) is 0 Å². The molecule has 0 amide bonds. The number of benzene rings is 9. The van der Waals surface area contributed by atoms with E-state index in [1.54, 1.807) is 0 Å². The maximum atomic E-state index is 6.78. The first-order valence-corrected chi connectivity index (χ1v) is 18.4. The van der Waals surface area contributed by atoms with Crippen molar-refractivity contribution in [3.8, 4) is 44.5 Å². The van der Waals surface area contributed by atoms with Gasteiger partial charge in [-0.15, -0.1) is 0 Å². The van der Waals surface area contributed by atoms with Gasteiger partial charge in [0.15, 0.2) is 0 Å². The summed E-state index contributed by atoms with van der Waals surface area (Å²) in [5.41, 5.74) is 14.4. The maximum Gasteiger partial charge on any atom is 0.143 e. The molecule has 0 atom stereocenters. The Kier molecular flexibility index (Phi) is 7.85. The fourth-order valence-corrected chi connectivity index (χ4v) is 7.87. The van der Waals surface area contributed by atoms with E-state index in [0.717, 1.165) is 61.3 Å². The summed E-state index contributed by atoms with van der Waals surface area (Å²) in [6.45, 7) is 0. The van der Waals surface area contributed by atoms with Crippen LogP contribution < -0.4 is 4.90 Å². The summed E-state index contributed by atoms with van der Waals surface area (Å²) in [5.74, 6) is 0. The van der Waals surface area contributed by atoms with E-state index in [1.165, 1.54) is 33.0 Å². The van der Waals surface area contributed by atoms with Crippen LogP contribution in [0.3, 0.4) is 0 Å². The molecule has 10 aromatic rings. The maximum absolute atomic E-state index is 6.78. The SMILES string of the molecule is c1ccc(-c2ccc(N(c3ccccc3)c3cccc(-c4ccc(-c5cccc6c5oc5cc(-c7ccccc7)c7ccccc7c56)cc4)c3)cc2)cc1. The van der Waals surface area contributed by atoms with Crippen LogP contribution in [-0.4, -0.2) is 0 Å². The minimum atomic E-state index is 0.904. The Hall–Kier alpha value is -7.16. The number of nitrogens with zero attached hydrogens (tertiary/aromatic N) is 1. The second-order valence-electron chi connectivity index (χ2n) is 13.7. The van der Waals surface area contributed by atoms with Crippen molar-refractivity contribution >= 4 is 49.8 Å². The third kappa shape index (κ3) is 5.62. The van der Waals surface area contributed by atoms with Crippen LogP contribution in [0.5, 0.6) is 0 Å². The summed E-state index contributed by atoms with van der Waals surface area (Å²) < 4.78 is 6.78. The quantitative estimate of drug-likeness (QED) is 0.166. The number of rotatable bonds is 7. The second kappa shape index (κ2) is 13.4. The highest BCUT2D eigenvalue weighted by Crippen LogP contribution is 2.43. The van der Waals surface area contributed by atoms with Gasteiger partial charge in [-0.3, -0.25) is 0 Å². The van der Waals surface area contributed by atoms with E-state index in [4.69, 9.17) is 4.42 Å². The Morgan fingerprint density at radius 1 is 0.296 bits per heavy atom. The Labute approximate surface area is 314 Å². The molecule has 0 aliphatic rings. The van der Waals surface area contributed by atoms with Crippen LogP contribution in [0.25, 0.3) is 77.2 Å².